The number of sulfonamides is 1. The van der Waals surface area contributed by atoms with Crippen LogP contribution in [0.15, 0.2) is 42.5 Å². The second kappa shape index (κ2) is 10.6. The molecule has 0 aliphatic heterocycles. The van der Waals surface area contributed by atoms with Gasteiger partial charge in [0, 0.05) is 5.02 Å². The smallest absolute Gasteiger partial charge is 0.244 e. The molecule has 1 atom stereocenters. The Kier molecular flexibility index (Phi) is 8.60. The van der Waals surface area contributed by atoms with Crippen LogP contribution in [0.5, 0.6) is 5.75 Å². The average Bonchev–Trinajstić information content (AvgIpc) is 2.70. The molecule has 0 fully saturated rings. The molecule has 0 saturated heterocycles. The molecule has 0 aliphatic rings. The number of benzene rings is 2. The van der Waals surface area contributed by atoms with Crippen LogP contribution in [-0.4, -0.2) is 39.8 Å². The molecule has 0 aromatic heterocycles. The van der Waals surface area contributed by atoms with Gasteiger partial charge in [-0.2, -0.15) is 0 Å². The summed E-state index contributed by atoms with van der Waals surface area (Å²) in [5, 5.41) is 3.23. The highest BCUT2D eigenvalue weighted by Crippen LogP contribution is 2.28. The molecule has 0 saturated carbocycles. The first kappa shape index (κ1) is 26.0. The Morgan fingerprint density at radius 2 is 1.78 bits per heavy atom. The van der Waals surface area contributed by atoms with E-state index in [4.69, 9.17) is 16.3 Å². The highest BCUT2D eigenvalue weighted by molar-refractivity contribution is 7.92. The maximum atomic E-state index is 12.8. The van der Waals surface area contributed by atoms with Crippen LogP contribution in [0.3, 0.4) is 0 Å². The van der Waals surface area contributed by atoms with Gasteiger partial charge in [0.2, 0.25) is 15.9 Å². The highest BCUT2D eigenvalue weighted by Gasteiger charge is 2.31. The van der Waals surface area contributed by atoms with Crippen molar-refractivity contribution in [2.45, 2.75) is 52.5 Å². The van der Waals surface area contributed by atoms with Gasteiger partial charge in [0.05, 0.1) is 18.5 Å². The topological polar surface area (TPSA) is 75.7 Å². The fourth-order valence-electron chi connectivity index (χ4n) is 3.29. The normalized spacial score (nSPS) is 12.8. The third-order valence-electron chi connectivity index (χ3n) is 5.13. The number of carbonyl (C=O) groups is 1. The number of anilines is 1. The summed E-state index contributed by atoms with van der Waals surface area (Å²) < 4.78 is 31.9. The van der Waals surface area contributed by atoms with Crippen LogP contribution in [-0.2, 0) is 20.2 Å². The summed E-state index contributed by atoms with van der Waals surface area (Å²) in [5.41, 5.74) is 2.46. The Balaban J connectivity index is 2.03. The van der Waals surface area contributed by atoms with E-state index in [9.17, 15) is 13.2 Å². The minimum Gasteiger partial charge on any atom is -0.492 e. The van der Waals surface area contributed by atoms with Gasteiger partial charge in [-0.25, -0.2) is 8.42 Å². The molecule has 1 unspecified atom stereocenters. The first-order chi connectivity index (χ1) is 14.8. The van der Waals surface area contributed by atoms with E-state index in [1.165, 1.54) is 5.56 Å². The Bertz CT molecular complexity index is 1030. The Morgan fingerprint density at radius 3 is 2.28 bits per heavy atom. The number of hydrogen-bond acceptors (Lipinski definition) is 4. The van der Waals surface area contributed by atoms with Crippen LogP contribution in [0.2, 0.25) is 5.02 Å². The number of nitrogens with one attached hydrogen (secondary N) is 1. The van der Waals surface area contributed by atoms with E-state index in [-0.39, 0.29) is 24.5 Å². The standard InChI is InChI=1S/C24H33ClN2O4S/c1-7-22(27(32(6,29)30)19-11-8-17(2)21(25)16-19)23(28)26-14-15-31-20-12-9-18(10-13-20)24(3,4)5/h8-13,16,22H,7,14-15H2,1-6H3,(H,26,28). The summed E-state index contributed by atoms with van der Waals surface area (Å²) in [6.07, 6.45) is 1.39. The fourth-order valence-corrected chi connectivity index (χ4v) is 4.67. The zero-order valence-electron chi connectivity index (χ0n) is 19.6. The first-order valence-corrected chi connectivity index (χ1v) is 12.8. The van der Waals surface area contributed by atoms with E-state index >= 15 is 0 Å². The number of hydrogen-bond donors (Lipinski definition) is 1. The van der Waals surface area contributed by atoms with Crippen LogP contribution >= 0.6 is 11.6 Å². The number of rotatable bonds is 9. The number of halogens is 1. The number of nitrogens with zero attached hydrogens (tertiary/aromatic N) is 1. The lowest BCUT2D eigenvalue weighted by molar-refractivity contribution is -0.122. The third-order valence-corrected chi connectivity index (χ3v) is 6.72. The van der Waals surface area contributed by atoms with Crippen LogP contribution in [0.4, 0.5) is 5.69 Å². The number of aryl methyl sites for hydroxylation is 1. The molecule has 0 radical (unpaired) electrons. The molecule has 1 amide bonds. The largest absolute Gasteiger partial charge is 0.492 e. The van der Waals surface area contributed by atoms with Crippen molar-refractivity contribution in [3.05, 3.63) is 58.6 Å². The fraction of sp³-hybridized carbons (Fsp3) is 0.458. The van der Waals surface area contributed by atoms with Gasteiger partial charge in [-0.3, -0.25) is 9.10 Å². The minimum absolute atomic E-state index is 0.0643. The molecule has 0 bridgehead atoms. The number of ether oxygens (including phenoxy) is 1. The van der Waals surface area contributed by atoms with Crippen molar-refractivity contribution in [3.8, 4) is 5.75 Å². The lowest BCUT2D eigenvalue weighted by Crippen LogP contribution is -2.50. The summed E-state index contributed by atoms with van der Waals surface area (Å²) in [6, 6.07) is 11.9. The molecule has 176 valence electrons. The van der Waals surface area contributed by atoms with E-state index in [1.807, 2.05) is 31.2 Å². The van der Waals surface area contributed by atoms with Crippen molar-refractivity contribution in [2.75, 3.05) is 23.7 Å². The Labute approximate surface area is 197 Å². The van der Waals surface area contributed by atoms with Gasteiger partial charge in [0.1, 0.15) is 18.4 Å². The summed E-state index contributed by atoms with van der Waals surface area (Å²) in [4.78, 5) is 12.8. The van der Waals surface area contributed by atoms with Crippen molar-refractivity contribution in [3.63, 3.8) is 0 Å². The first-order valence-electron chi connectivity index (χ1n) is 10.6. The van der Waals surface area contributed by atoms with Gasteiger partial charge >= 0.3 is 0 Å². The predicted molar refractivity (Wildman–Crippen MR) is 131 cm³/mol. The van der Waals surface area contributed by atoms with Gasteiger partial charge in [0.25, 0.3) is 0 Å². The molecule has 0 heterocycles. The second-order valence-corrected chi connectivity index (χ2v) is 11.1. The van der Waals surface area contributed by atoms with Gasteiger partial charge in [0.15, 0.2) is 0 Å². The van der Waals surface area contributed by atoms with E-state index in [0.29, 0.717) is 22.9 Å². The maximum Gasteiger partial charge on any atom is 0.244 e. The van der Waals surface area contributed by atoms with Crippen molar-refractivity contribution in [1.82, 2.24) is 5.32 Å². The summed E-state index contributed by atoms with van der Waals surface area (Å²) in [5.74, 6) is 0.327. The maximum absolute atomic E-state index is 12.8. The lowest BCUT2D eigenvalue weighted by Gasteiger charge is -2.30. The van der Waals surface area contributed by atoms with Crippen LogP contribution in [0.1, 0.15) is 45.2 Å². The summed E-state index contributed by atoms with van der Waals surface area (Å²) >= 11 is 6.19. The van der Waals surface area contributed by atoms with E-state index in [1.54, 1.807) is 25.1 Å². The molecule has 2 aromatic carbocycles. The monoisotopic (exact) mass is 480 g/mol. The molecular weight excluding hydrogens is 448 g/mol. The molecule has 2 rings (SSSR count). The van der Waals surface area contributed by atoms with Gasteiger partial charge < -0.3 is 10.1 Å². The van der Waals surface area contributed by atoms with Crippen LogP contribution < -0.4 is 14.4 Å². The summed E-state index contributed by atoms with van der Waals surface area (Å²) in [7, 11) is -3.71. The predicted octanol–water partition coefficient (Wildman–Crippen LogP) is 4.69. The zero-order chi connectivity index (χ0) is 24.1. The lowest BCUT2D eigenvalue weighted by atomic mass is 9.87. The zero-order valence-corrected chi connectivity index (χ0v) is 21.2. The SMILES string of the molecule is CCC(C(=O)NCCOc1ccc(C(C)(C)C)cc1)N(c1ccc(C)c(Cl)c1)S(C)(=O)=O. The number of carbonyl (C=O) groups excluding carboxylic acids is 1. The molecule has 1 N–H and O–H groups in total. The van der Waals surface area contributed by atoms with Gasteiger partial charge in [-0.1, -0.05) is 57.5 Å². The molecule has 6 nitrogen and oxygen atoms in total. The quantitative estimate of drug-likeness (QED) is 0.528. The third kappa shape index (κ3) is 6.87. The molecule has 0 spiro atoms. The van der Waals surface area contributed by atoms with Gasteiger partial charge in [-0.05, 0) is 54.2 Å². The molecule has 2 aromatic rings. The van der Waals surface area contributed by atoms with Gasteiger partial charge in [-0.15, -0.1) is 0 Å². The average molecular weight is 481 g/mol. The van der Waals surface area contributed by atoms with Crippen molar-refractivity contribution in [1.29, 1.82) is 0 Å². The van der Waals surface area contributed by atoms with Crippen LogP contribution in [0.25, 0.3) is 0 Å². The second-order valence-electron chi connectivity index (χ2n) is 8.83. The summed E-state index contributed by atoms with van der Waals surface area (Å²) in [6.45, 7) is 10.6. The highest BCUT2D eigenvalue weighted by atomic mass is 35.5. The minimum atomic E-state index is -3.71. The molecule has 8 heteroatoms. The van der Waals surface area contributed by atoms with Crippen molar-refractivity contribution >= 4 is 33.2 Å². The Hall–Kier alpha value is -2.25. The van der Waals surface area contributed by atoms with E-state index in [2.05, 4.69) is 26.1 Å². The molecular formula is C24H33ClN2O4S. The molecule has 32 heavy (non-hydrogen) atoms. The number of amides is 1. The van der Waals surface area contributed by atoms with E-state index in [0.717, 1.165) is 16.1 Å². The van der Waals surface area contributed by atoms with Crippen molar-refractivity contribution in [2.24, 2.45) is 0 Å². The Morgan fingerprint density at radius 1 is 1.16 bits per heavy atom. The molecule has 0 aliphatic carbocycles. The van der Waals surface area contributed by atoms with E-state index < -0.39 is 16.1 Å². The van der Waals surface area contributed by atoms with Crippen molar-refractivity contribution < 1.29 is 17.9 Å². The van der Waals surface area contributed by atoms with Crippen LogP contribution in [0, 0.1) is 6.92 Å².